The van der Waals surface area contributed by atoms with Gasteiger partial charge in [0.1, 0.15) is 18.3 Å². The normalized spacial score (nSPS) is 38.1. The molecule has 4 aliphatic rings. The number of ether oxygens (including phenoxy) is 3. The molecule has 10 heteroatoms. The first-order valence-electron chi connectivity index (χ1n) is 17.7. The van der Waals surface area contributed by atoms with Gasteiger partial charge in [0, 0.05) is 31.0 Å². The van der Waals surface area contributed by atoms with Crippen molar-refractivity contribution >= 4 is 17.9 Å². The predicted octanol–water partition coefficient (Wildman–Crippen LogP) is 3.62. The van der Waals surface area contributed by atoms with E-state index in [0.29, 0.717) is 11.8 Å². The highest BCUT2D eigenvalue weighted by molar-refractivity contribution is 5.70. The number of rotatable bonds is 14. The minimum absolute atomic E-state index is 0.0481. The van der Waals surface area contributed by atoms with Gasteiger partial charge in [-0.3, -0.25) is 14.4 Å². The molecule has 0 bridgehead atoms. The van der Waals surface area contributed by atoms with Crippen molar-refractivity contribution < 1.29 is 28.6 Å². The van der Waals surface area contributed by atoms with Crippen LogP contribution >= 0.6 is 0 Å². The summed E-state index contributed by atoms with van der Waals surface area (Å²) in [6.45, 7) is 8.99. The molecule has 258 valence electrons. The van der Waals surface area contributed by atoms with E-state index in [1.807, 2.05) is 0 Å². The number of nitrogens with two attached hydrogens (primary N) is 3. The number of carbonyl (C=O) groups is 3. The van der Waals surface area contributed by atoms with Crippen LogP contribution in [0.25, 0.3) is 0 Å². The summed E-state index contributed by atoms with van der Waals surface area (Å²) in [5.41, 5.74) is 16.9. The molecular weight excluding hydrogens is 572 g/mol. The van der Waals surface area contributed by atoms with E-state index in [1.54, 1.807) is 0 Å². The number of hydrogen-bond acceptors (Lipinski definition) is 10. The van der Waals surface area contributed by atoms with Crippen molar-refractivity contribution in [1.82, 2.24) is 4.90 Å². The van der Waals surface area contributed by atoms with Crippen LogP contribution < -0.4 is 17.2 Å². The summed E-state index contributed by atoms with van der Waals surface area (Å²) in [6.07, 6.45) is 8.35. The summed E-state index contributed by atoms with van der Waals surface area (Å²) in [5, 5.41) is 0. The Morgan fingerprint density at radius 1 is 0.822 bits per heavy atom. The molecule has 0 aromatic rings. The van der Waals surface area contributed by atoms with Crippen molar-refractivity contribution in [3.8, 4) is 0 Å². The van der Waals surface area contributed by atoms with Gasteiger partial charge in [-0.05, 0) is 113 Å². The van der Waals surface area contributed by atoms with Gasteiger partial charge in [0.05, 0.1) is 19.3 Å². The minimum Gasteiger partial charge on any atom is -0.462 e. The summed E-state index contributed by atoms with van der Waals surface area (Å²) < 4.78 is 18.7. The Labute approximate surface area is 271 Å². The molecule has 10 nitrogen and oxygen atoms in total. The van der Waals surface area contributed by atoms with E-state index in [0.717, 1.165) is 64.3 Å². The molecule has 0 aromatic heterocycles. The Bertz CT molecular complexity index is 1030. The van der Waals surface area contributed by atoms with Crippen molar-refractivity contribution in [2.75, 3.05) is 40.3 Å². The third-order valence-corrected chi connectivity index (χ3v) is 12.6. The average molecular weight is 635 g/mol. The molecule has 45 heavy (non-hydrogen) atoms. The van der Waals surface area contributed by atoms with E-state index in [2.05, 4.69) is 39.8 Å². The van der Waals surface area contributed by atoms with Crippen LogP contribution in [0.1, 0.15) is 97.8 Å². The first-order chi connectivity index (χ1) is 21.4. The van der Waals surface area contributed by atoms with Crippen molar-refractivity contribution in [1.29, 1.82) is 0 Å². The molecule has 0 heterocycles. The zero-order valence-corrected chi connectivity index (χ0v) is 28.6. The first kappa shape index (κ1) is 36.1. The van der Waals surface area contributed by atoms with Crippen LogP contribution in [0.2, 0.25) is 0 Å². The molecule has 4 rings (SSSR count). The number of esters is 3. The molecule has 4 fully saturated rings. The van der Waals surface area contributed by atoms with Crippen molar-refractivity contribution in [3.05, 3.63) is 0 Å². The molecule has 0 unspecified atom stereocenters. The Balaban J connectivity index is 1.69. The summed E-state index contributed by atoms with van der Waals surface area (Å²) in [4.78, 5) is 40.8. The third kappa shape index (κ3) is 7.71. The van der Waals surface area contributed by atoms with Gasteiger partial charge in [0.25, 0.3) is 0 Å². The molecule has 0 aromatic carbocycles. The van der Waals surface area contributed by atoms with Gasteiger partial charge in [-0.1, -0.05) is 20.8 Å². The maximum Gasteiger partial charge on any atom is 0.307 e. The Kier molecular flexibility index (Phi) is 12.4. The number of nitrogens with zero attached hydrogens (tertiary/aromatic N) is 1. The summed E-state index contributed by atoms with van der Waals surface area (Å²) in [6, 6.07) is 0. The lowest BCUT2D eigenvalue weighted by Gasteiger charge is -2.64. The lowest BCUT2D eigenvalue weighted by atomic mass is 9.43. The fourth-order valence-electron chi connectivity index (χ4n) is 10.4. The molecule has 4 aliphatic carbocycles. The number of carbonyl (C=O) groups excluding carboxylic acids is 3. The van der Waals surface area contributed by atoms with E-state index in [4.69, 9.17) is 31.4 Å². The van der Waals surface area contributed by atoms with Crippen LogP contribution in [0.5, 0.6) is 0 Å². The minimum atomic E-state index is -0.247. The van der Waals surface area contributed by atoms with Crippen LogP contribution in [0.3, 0.4) is 0 Å². The van der Waals surface area contributed by atoms with Crippen LogP contribution in [-0.4, -0.2) is 81.4 Å². The molecule has 0 spiro atoms. The molecule has 6 N–H and O–H groups in total. The summed E-state index contributed by atoms with van der Waals surface area (Å²) in [5.74, 6) is 1.06. The first-order valence-corrected chi connectivity index (χ1v) is 17.7. The van der Waals surface area contributed by atoms with Gasteiger partial charge >= 0.3 is 17.9 Å². The molecule has 11 atom stereocenters. The summed E-state index contributed by atoms with van der Waals surface area (Å²) >= 11 is 0. The van der Waals surface area contributed by atoms with Gasteiger partial charge < -0.3 is 36.3 Å². The van der Waals surface area contributed by atoms with Gasteiger partial charge in [-0.15, -0.1) is 0 Å². The lowest BCUT2D eigenvalue weighted by Crippen LogP contribution is -2.63. The van der Waals surface area contributed by atoms with E-state index < -0.39 is 0 Å². The largest absolute Gasteiger partial charge is 0.462 e. The standard InChI is InChI=1S/C35H62N4O6/c1-22(7-6-18-39(4)5)25-8-9-26-33-27(21-29(35(25,26)3)45-32(42)13-17-38)34(2)14-10-24(43-30(40)11-15-36)19-23(34)20-28(33)44-31(41)12-16-37/h22-29,33H,6-21,36-38H2,1-5H3/t22-,23+,24-,25-,26+,27+,28-,29+,33+,34+,35-/m1/s1. The summed E-state index contributed by atoms with van der Waals surface area (Å²) in [7, 11) is 4.23. The molecule has 4 saturated carbocycles. The van der Waals surface area contributed by atoms with Crippen molar-refractivity contribution in [2.24, 2.45) is 63.5 Å². The second-order valence-electron chi connectivity index (χ2n) is 15.4. The Morgan fingerprint density at radius 3 is 2.07 bits per heavy atom. The maximum absolute atomic E-state index is 13.1. The fourth-order valence-corrected chi connectivity index (χ4v) is 10.4. The maximum atomic E-state index is 13.1. The smallest absolute Gasteiger partial charge is 0.307 e. The zero-order chi connectivity index (χ0) is 32.9. The second kappa shape index (κ2) is 15.4. The Morgan fingerprint density at radius 2 is 1.44 bits per heavy atom. The number of hydrogen-bond donors (Lipinski definition) is 3. The molecule has 0 aliphatic heterocycles. The predicted molar refractivity (Wildman–Crippen MR) is 174 cm³/mol. The highest BCUT2D eigenvalue weighted by atomic mass is 16.6. The number of fused-ring (bicyclic) bond motifs is 5. The SMILES string of the molecule is C[C@H](CCCN(C)C)[C@H]1CC[C@H]2[C@@H]3[C@H](OC(=O)CCN)C[C@@H]4C[C@H](OC(=O)CCN)CC[C@]4(C)[C@H]3C[C@H](OC(=O)CCN)[C@]12C. The molecular formula is C35H62N4O6. The van der Waals surface area contributed by atoms with Crippen LogP contribution in [-0.2, 0) is 28.6 Å². The fraction of sp³-hybridized carbons (Fsp3) is 0.914. The molecule has 0 saturated heterocycles. The van der Waals surface area contributed by atoms with Gasteiger partial charge in [0.15, 0.2) is 0 Å². The van der Waals surface area contributed by atoms with Crippen LogP contribution in [0, 0.1) is 46.3 Å². The molecule has 0 radical (unpaired) electrons. The van der Waals surface area contributed by atoms with Gasteiger partial charge in [-0.2, -0.15) is 0 Å². The Hall–Kier alpha value is -1.75. The topological polar surface area (TPSA) is 160 Å². The van der Waals surface area contributed by atoms with E-state index in [9.17, 15) is 14.4 Å². The average Bonchev–Trinajstić information content (AvgIpc) is 3.32. The van der Waals surface area contributed by atoms with E-state index >= 15 is 0 Å². The second-order valence-corrected chi connectivity index (χ2v) is 15.4. The lowest BCUT2D eigenvalue weighted by molar-refractivity contribution is -0.225. The molecule has 0 amide bonds. The van der Waals surface area contributed by atoms with Crippen LogP contribution in [0.4, 0.5) is 0 Å². The van der Waals surface area contributed by atoms with E-state index in [-0.39, 0.29) is 110 Å². The zero-order valence-electron chi connectivity index (χ0n) is 28.6. The highest BCUT2D eigenvalue weighted by Crippen LogP contribution is 2.69. The van der Waals surface area contributed by atoms with Crippen molar-refractivity contribution in [2.45, 2.75) is 116 Å². The highest BCUT2D eigenvalue weighted by Gasteiger charge is 2.67. The monoisotopic (exact) mass is 634 g/mol. The van der Waals surface area contributed by atoms with Crippen LogP contribution in [0.15, 0.2) is 0 Å². The van der Waals surface area contributed by atoms with E-state index in [1.165, 1.54) is 0 Å². The van der Waals surface area contributed by atoms with Gasteiger partial charge in [-0.25, -0.2) is 0 Å². The quantitative estimate of drug-likeness (QED) is 0.190. The van der Waals surface area contributed by atoms with Crippen molar-refractivity contribution in [3.63, 3.8) is 0 Å². The third-order valence-electron chi connectivity index (χ3n) is 12.6. The van der Waals surface area contributed by atoms with Gasteiger partial charge in [0.2, 0.25) is 0 Å².